The molecule has 0 fully saturated rings. The minimum atomic E-state index is -0.484. The third-order valence-corrected chi connectivity index (χ3v) is 2.72. The fourth-order valence-electron chi connectivity index (χ4n) is 1.80. The summed E-state index contributed by atoms with van der Waals surface area (Å²) in [5.41, 5.74) is -0.484. The van der Waals surface area contributed by atoms with Crippen LogP contribution in [0.25, 0.3) is 0 Å². The van der Waals surface area contributed by atoms with E-state index in [9.17, 15) is 4.79 Å². The van der Waals surface area contributed by atoms with Crippen LogP contribution in [0.2, 0.25) is 0 Å². The molecular weight excluding hydrogens is 294 g/mol. The number of carbonyl (C=O) groups is 1. The van der Waals surface area contributed by atoms with Crippen LogP contribution in [0.3, 0.4) is 0 Å². The number of guanidine groups is 1. The average Bonchev–Trinajstić information content (AvgIpc) is 2.94. The predicted octanol–water partition coefficient (Wildman–Crippen LogP) is 1.57. The molecular formula is C16H29N5O2. The summed E-state index contributed by atoms with van der Waals surface area (Å²) in [5.74, 6) is 0.741. The summed E-state index contributed by atoms with van der Waals surface area (Å²) >= 11 is 0. The normalized spacial score (nSPS) is 11.9. The molecule has 0 aromatic carbocycles. The molecule has 1 amide bonds. The zero-order valence-corrected chi connectivity index (χ0v) is 14.6. The molecule has 1 aromatic heterocycles. The van der Waals surface area contributed by atoms with Gasteiger partial charge in [0.15, 0.2) is 5.96 Å². The molecule has 1 heterocycles. The van der Waals surface area contributed by atoms with Crippen LogP contribution in [-0.2, 0) is 11.3 Å². The lowest BCUT2D eigenvalue weighted by Gasteiger charge is -2.19. The highest BCUT2D eigenvalue weighted by Crippen LogP contribution is 2.05. The Morgan fingerprint density at radius 2 is 1.83 bits per heavy atom. The number of hydrogen-bond donors (Lipinski definition) is 3. The Morgan fingerprint density at radius 1 is 1.13 bits per heavy atom. The van der Waals surface area contributed by atoms with Crippen molar-refractivity contribution in [2.24, 2.45) is 4.99 Å². The first-order valence-corrected chi connectivity index (χ1v) is 8.00. The molecule has 1 rings (SSSR count). The smallest absolute Gasteiger partial charge is 0.407 e. The summed E-state index contributed by atoms with van der Waals surface area (Å²) in [7, 11) is 0. The zero-order valence-electron chi connectivity index (χ0n) is 14.6. The van der Waals surface area contributed by atoms with Gasteiger partial charge in [0, 0.05) is 38.6 Å². The molecule has 0 atom stereocenters. The lowest BCUT2D eigenvalue weighted by molar-refractivity contribution is 0.0529. The van der Waals surface area contributed by atoms with Crippen molar-refractivity contribution in [2.45, 2.75) is 39.8 Å². The maximum absolute atomic E-state index is 11.5. The Hall–Kier alpha value is -2.18. The number of carbonyl (C=O) groups excluding carboxylic acids is 1. The molecule has 7 heteroatoms. The molecule has 0 aliphatic heterocycles. The van der Waals surface area contributed by atoms with Crippen molar-refractivity contribution in [3.8, 4) is 0 Å². The maximum Gasteiger partial charge on any atom is 0.407 e. The summed E-state index contributed by atoms with van der Waals surface area (Å²) in [6.07, 6.45) is 3.63. The van der Waals surface area contributed by atoms with Crippen LogP contribution in [0.4, 0.5) is 4.79 Å². The molecule has 0 aliphatic rings. The number of amides is 1. The average molecular weight is 323 g/mol. The molecule has 3 N–H and O–H groups in total. The largest absolute Gasteiger partial charge is 0.444 e. The number of alkyl carbamates (subject to hydrolysis) is 1. The van der Waals surface area contributed by atoms with E-state index in [1.165, 1.54) is 0 Å². The number of hydrogen-bond acceptors (Lipinski definition) is 3. The first kappa shape index (κ1) is 18.9. The highest BCUT2D eigenvalue weighted by atomic mass is 16.6. The van der Waals surface area contributed by atoms with E-state index < -0.39 is 11.7 Å². The number of nitrogens with one attached hydrogen (secondary N) is 3. The summed E-state index contributed by atoms with van der Waals surface area (Å²) in [5, 5.41) is 9.12. The van der Waals surface area contributed by atoms with Gasteiger partial charge < -0.3 is 25.3 Å². The zero-order chi connectivity index (χ0) is 17.1. The fourth-order valence-corrected chi connectivity index (χ4v) is 1.80. The maximum atomic E-state index is 11.5. The van der Waals surface area contributed by atoms with Crippen molar-refractivity contribution < 1.29 is 9.53 Å². The van der Waals surface area contributed by atoms with E-state index >= 15 is 0 Å². The lowest BCUT2D eigenvalue weighted by atomic mass is 10.2. The van der Waals surface area contributed by atoms with Gasteiger partial charge in [-0.25, -0.2) is 4.79 Å². The Kier molecular flexibility index (Phi) is 8.01. The van der Waals surface area contributed by atoms with Crippen LogP contribution in [0.15, 0.2) is 29.5 Å². The van der Waals surface area contributed by atoms with Gasteiger partial charge in [0.25, 0.3) is 0 Å². The van der Waals surface area contributed by atoms with E-state index in [1.807, 2.05) is 52.2 Å². The van der Waals surface area contributed by atoms with E-state index in [2.05, 4.69) is 25.5 Å². The molecule has 23 heavy (non-hydrogen) atoms. The third-order valence-electron chi connectivity index (χ3n) is 2.72. The van der Waals surface area contributed by atoms with Gasteiger partial charge in [-0.2, -0.15) is 0 Å². The Morgan fingerprint density at radius 3 is 2.43 bits per heavy atom. The quantitative estimate of drug-likeness (QED) is 0.404. The Labute approximate surface area is 138 Å². The van der Waals surface area contributed by atoms with Crippen molar-refractivity contribution in [3.05, 3.63) is 24.5 Å². The molecule has 0 unspecified atom stereocenters. The molecule has 0 radical (unpaired) electrons. The minimum absolute atomic E-state index is 0.418. The van der Waals surface area contributed by atoms with Crippen molar-refractivity contribution in [1.29, 1.82) is 0 Å². The van der Waals surface area contributed by atoms with E-state index in [0.717, 1.165) is 25.6 Å². The predicted molar refractivity (Wildman–Crippen MR) is 92.7 cm³/mol. The van der Waals surface area contributed by atoms with Gasteiger partial charge in [-0.3, -0.25) is 4.99 Å². The SMILES string of the molecule is CCNC(=NCCNC(=O)OC(C)(C)C)NCCn1cccc1. The number of aromatic nitrogens is 1. The van der Waals surface area contributed by atoms with E-state index in [4.69, 9.17) is 4.74 Å². The molecule has 7 nitrogen and oxygen atoms in total. The summed E-state index contributed by atoms with van der Waals surface area (Å²) in [4.78, 5) is 15.9. The number of aliphatic imine (C=N–C) groups is 1. The van der Waals surface area contributed by atoms with Crippen molar-refractivity contribution in [2.75, 3.05) is 26.2 Å². The number of ether oxygens (including phenoxy) is 1. The van der Waals surface area contributed by atoms with Crippen LogP contribution in [0.1, 0.15) is 27.7 Å². The van der Waals surface area contributed by atoms with Gasteiger partial charge in [-0.05, 0) is 39.8 Å². The van der Waals surface area contributed by atoms with E-state index in [-0.39, 0.29) is 0 Å². The minimum Gasteiger partial charge on any atom is -0.444 e. The molecule has 0 aliphatic carbocycles. The van der Waals surface area contributed by atoms with Crippen LogP contribution in [0.5, 0.6) is 0 Å². The standard InChI is InChI=1S/C16H29N5O2/c1-5-17-14(19-10-13-21-11-6-7-12-21)18-8-9-20-15(22)23-16(2,3)4/h6-7,11-12H,5,8-10,13H2,1-4H3,(H,20,22)(H2,17,18,19). The molecule has 0 spiro atoms. The Bertz CT molecular complexity index is 477. The Balaban J connectivity index is 2.27. The number of nitrogens with zero attached hydrogens (tertiary/aromatic N) is 2. The van der Waals surface area contributed by atoms with Crippen molar-refractivity contribution in [1.82, 2.24) is 20.5 Å². The topological polar surface area (TPSA) is 79.7 Å². The van der Waals surface area contributed by atoms with Crippen LogP contribution in [0, 0.1) is 0 Å². The summed E-state index contributed by atoms with van der Waals surface area (Å²) in [6, 6.07) is 4.00. The second kappa shape index (κ2) is 9.76. The highest BCUT2D eigenvalue weighted by Gasteiger charge is 2.15. The molecule has 130 valence electrons. The second-order valence-electron chi connectivity index (χ2n) is 6.04. The molecule has 0 saturated carbocycles. The van der Waals surface area contributed by atoms with Crippen LogP contribution < -0.4 is 16.0 Å². The third kappa shape index (κ3) is 9.44. The van der Waals surface area contributed by atoms with Gasteiger partial charge >= 0.3 is 6.09 Å². The molecule has 1 aromatic rings. The van der Waals surface area contributed by atoms with Gasteiger partial charge in [0.2, 0.25) is 0 Å². The van der Waals surface area contributed by atoms with Gasteiger partial charge in [-0.1, -0.05) is 0 Å². The summed E-state index contributed by atoms with van der Waals surface area (Å²) in [6.45, 7) is 10.9. The van der Waals surface area contributed by atoms with Gasteiger partial charge in [0.1, 0.15) is 5.60 Å². The number of rotatable bonds is 7. The second-order valence-corrected chi connectivity index (χ2v) is 6.04. The van der Waals surface area contributed by atoms with Crippen molar-refractivity contribution >= 4 is 12.1 Å². The van der Waals surface area contributed by atoms with Crippen LogP contribution >= 0.6 is 0 Å². The molecule has 0 bridgehead atoms. The monoisotopic (exact) mass is 323 g/mol. The molecule has 0 saturated heterocycles. The van der Waals surface area contributed by atoms with Crippen molar-refractivity contribution in [3.63, 3.8) is 0 Å². The van der Waals surface area contributed by atoms with E-state index in [1.54, 1.807) is 0 Å². The fraction of sp³-hybridized carbons (Fsp3) is 0.625. The summed E-state index contributed by atoms with van der Waals surface area (Å²) < 4.78 is 7.26. The highest BCUT2D eigenvalue weighted by molar-refractivity contribution is 5.79. The van der Waals surface area contributed by atoms with Gasteiger partial charge in [0.05, 0.1) is 6.54 Å². The first-order chi connectivity index (χ1) is 10.9. The van der Waals surface area contributed by atoms with Crippen LogP contribution in [-0.4, -0.2) is 48.4 Å². The van der Waals surface area contributed by atoms with E-state index in [0.29, 0.717) is 13.1 Å². The van der Waals surface area contributed by atoms with Gasteiger partial charge in [-0.15, -0.1) is 0 Å². The first-order valence-electron chi connectivity index (χ1n) is 8.00. The lowest BCUT2D eigenvalue weighted by Crippen LogP contribution is -2.39.